The third-order valence-electron chi connectivity index (χ3n) is 8.29. The number of rotatable bonds is 6. The predicted octanol–water partition coefficient (Wildman–Crippen LogP) is 11.0. The molecular weight excluding hydrogens is 498 g/mol. The summed E-state index contributed by atoms with van der Waals surface area (Å²) >= 11 is 0. The number of nitrogens with zero attached hydrogens (tertiary/aromatic N) is 1. The van der Waals surface area contributed by atoms with Gasteiger partial charge in [0.25, 0.3) is 0 Å². The average molecular weight is 538 g/mol. The highest BCUT2D eigenvalue weighted by molar-refractivity contribution is 6.09. The molecule has 0 unspecified atom stereocenters. The third-order valence-corrected chi connectivity index (χ3v) is 8.29. The molecule has 1 heterocycles. The number of hydrogen-bond acceptors (Lipinski definition) is 1. The van der Waals surface area contributed by atoms with Crippen LogP contribution in [0.15, 0.2) is 115 Å². The molecule has 0 spiro atoms. The lowest BCUT2D eigenvalue weighted by Crippen LogP contribution is -2.27. The topological polar surface area (TPSA) is 14.2 Å². The van der Waals surface area contributed by atoms with Gasteiger partial charge >= 0.3 is 0 Å². The first kappa shape index (κ1) is 26.9. The van der Waals surface area contributed by atoms with E-state index in [1.54, 1.807) is 0 Å². The zero-order valence-electron chi connectivity index (χ0n) is 25.0. The van der Waals surface area contributed by atoms with Crippen molar-refractivity contribution in [1.82, 2.24) is 4.57 Å². The van der Waals surface area contributed by atoms with Gasteiger partial charge in [0, 0.05) is 27.6 Å². The van der Waals surface area contributed by atoms with E-state index >= 15 is 0 Å². The molecule has 0 aliphatic carbocycles. The summed E-state index contributed by atoms with van der Waals surface area (Å²) in [5.74, 6) is 0.945. The Bertz CT molecular complexity index is 1780. The Balaban J connectivity index is 1.56. The number of para-hydroxylation sites is 2. The minimum absolute atomic E-state index is 0.0139. The Morgan fingerprint density at radius 2 is 1.07 bits per heavy atom. The standard InChI is InChI=1S/C39H39NO/c1-7-39(5,6)41-37-33(27-15-9-8-10-16-27)25-29(38(2,3)4)26-34(37)28-21-23-30(24-22-28)40-35-19-13-11-17-31(35)32-18-12-14-20-36(32)40/h8-26H,7H2,1-6H3. The van der Waals surface area contributed by atoms with E-state index < -0.39 is 0 Å². The quantitative estimate of drug-likeness (QED) is 0.206. The zero-order valence-corrected chi connectivity index (χ0v) is 25.0. The molecule has 6 rings (SSSR count). The fraction of sp³-hybridized carbons (Fsp3) is 0.231. The molecule has 0 aliphatic rings. The summed E-state index contributed by atoms with van der Waals surface area (Å²) in [5, 5.41) is 2.55. The van der Waals surface area contributed by atoms with Crippen molar-refractivity contribution in [2.75, 3.05) is 0 Å². The number of ether oxygens (including phenoxy) is 1. The molecule has 0 fully saturated rings. The van der Waals surface area contributed by atoms with Crippen molar-refractivity contribution in [3.63, 3.8) is 0 Å². The molecule has 1 aromatic heterocycles. The Labute approximate surface area is 244 Å². The Hall–Kier alpha value is -4.30. The van der Waals surface area contributed by atoms with Gasteiger partial charge in [0.2, 0.25) is 0 Å². The molecular formula is C39H39NO. The van der Waals surface area contributed by atoms with Gasteiger partial charge in [-0.25, -0.2) is 0 Å². The lowest BCUT2D eigenvalue weighted by molar-refractivity contribution is 0.107. The first-order chi connectivity index (χ1) is 19.7. The molecule has 0 amide bonds. The van der Waals surface area contributed by atoms with E-state index in [9.17, 15) is 0 Å². The van der Waals surface area contributed by atoms with Gasteiger partial charge in [-0.15, -0.1) is 0 Å². The van der Waals surface area contributed by atoms with Crippen molar-refractivity contribution < 1.29 is 4.74 Å². The molecule has 206 valence electrons. The minimum atomic E-state index is -0.301. The van der Waals surface area contributed by atoms with Gasteiger partial charge < -0.3 is 9.30 Å². The van der Waals surface area contributed by atoms with E-state index in [2.05, 4.69) is 161 Å². The molecule has 2 heteroatoms. The maximum absolute atomic E-state index is 6.90. The van der Waals surface area contributed by atoms with Crippen molar-refractivity contribution >= 4 is 21.8 Å². The summed E-state index contributed by atoms with van der Waals surface area (Å²) in [6.45, 7) is 13.4. The number of benzene rings is 5. The van der Waals surface area contributed by atoms with E-state index in [4.69, 9.17) is 4.74 Å². The fourth-order valence-corrected chi connectivity index (χ4v) is 5.56. The van der Waals surface area contributed by atoms with Crippen molar-refractivity contribution in [3.8, 4) is 33.7 Å². The van der Waals surface area contributed by atoms with Crippen LogP contribution in [0.4, 0.5) is 0 Å². The summed E-state index contributed by atoms with van der Waals surface area (Å²) in [7, 11) is 0. The third kappa shape index (κ3) is 5.04. The summed E-state index contributed by atoms with van der Waals surface area (Å²) in [5.41, 5.74) is 9.16. The van der Waals surface area contributed by atoms with E-state index in [1.165, 1.54) is 32.9 Å². The highest BCUT2D eigenvalue weighted by Gasteiger charge is 2.26. The van der Waals surface area contributed by atoms with Gasteiger partial charge in [-0.05, 0) is 78.8 Å². The van der Waals surface area contributed by atoms with Crippen molar-refractivity contribution in [1.29, 1.82) is 0 Å². The summed E-state index contributed by atoms with van der Waals surface area (Å²) in [4.78, 5) is 0. The molecule has 0 bridgehead atoms. The maximum Gasteiger partial charge on any atom is 0.135 e. The van der Waals surface area contributed by atoms with Crippen LogP contribution in [0, 0.1) is 0 Å². The van der Waals surface area contributed by atoms with Crippen LogP contribution in [-0.4, -0.2) is 10.2 Å². The highest BCUT2D eigenvalue weighted by atomic mass is 16.5. The van der Waals surface area contributed by atoms with Gasteiger partial charge in [0.15, 0.2) is 0 Å². The highest BCUT2D eigenvalue weighted by Crippen LogP contribution is 2.45. The monoisotopic (exact) mass is 537 g/mol. The van der Waals surface area contributed by atoms with Crippen LogP contribution in [-0.2, 0) is 5.41 Å². The van der Waals surface area contributed by atoms with Crippen molar-refractivity contribution in [3.05, 3.63) is 121 Å². The number of hydrogen-bond donors (Lipinski definition) is 0. The average Bonchev–Trinajstić information content (AvgIpc) is 3.31. The van der Waals surface area contributed by atoms with Crippen LogP contribution in [0.25, 0.3) is 49.7 Å². The van der Waals surface area contributed by atoms with Gasteiger partial charge in [0.1, 0.15) is 11.4 Å². The fourth-order valence-electron chi connectivity index (χ4n) is 5.56. The van der Waals surface area contributed by atoms with E-state index in [0.717, 1.165) is 34.5 Å². The SMILES string of the molecule is CCC(C)(C)Oc1c(-c2ccccc2)cc(C(C)(C)C)cc1-c1ccc(-n2c3ccccc3c3ccccc32)cc1. The second-order valence-corrected chi connectivity index (χ2v) is 12.6. The minimum Gasteiger partial charge on any atom is -0.487 e. The smallest absolute Gasteiger partial charge is 0.135 e. The molecule has 2 nitrogen and oxygen atoms in total. The second-order valence-electron chi connectivity index (χ2n) is 12.6. The summed E-state index contributed by atoms with van der Waals surface area (Å²) in [6.07, 6.45) is 0.911. The Morgan fingerprint density at radius 3 is 1.59 bits per heavy atom. The van der Waals surface area contributed by atoms with Crippen molar-refractivity contribution in [2.24, 2.45) is 0 Å². The molecule has 5 aromatic carbocycles. The van der Waals surface area contributed by atoms with Crippen LogP contribution < -0.4 is 4.74 Å². The van der Waals surface area contributed by atoms with Crippen LogP contribution >= 0.6 is 0 Å². The predicted molar refractivity (Wildman–Crippen MR) is 175 cm³/mol. The molecule has 0 radical (unpaired) electrons. The largest absolute Gasteiger partial charge is 0.487 e. The maximum atomic E-state index is 6.90. The second kappa shape index (κ2) is 10.3. The van der Waals surface area contributed by atoms with E-state index in [0.29, 0.717) is 0 Å². The molecule has 0 saturated heterocycles. The molecule has 0 atom stereocenters. The zero-order chi connectivity index (χ0) is 28.8. The van der Waals surface area contributed by atoms with Crippen molar-refractivity contribution in [2.45, 2.75) is 59.0 Å². The van der Waals surface area contributed by atoms with Gasteiger partial charge in [-0.1, -0.05) is 107 Å². The normalized spacial score (nSPS) is 12.2. The lowest BCUT2D eigenvalue weighted by Gasteiger charge is -2.30. The van der Waals surface area contributed by atoms with Gasteiger partial charge in [-0.3, -0.25) is 0 Å². The first-order valence-corrected chi connectivity index (χ1v) is 14.7. The molecule has 41 heavy (non-hydrogen) atoms. The first-order valence-electron chi connectivity index (χ1n) is 14.7. The molecule has 0 aliphatic heterocycles. The van der Waals surface area contributed by atoms with Crippen LogP contribution in [0.3, 0.4) is 0 Å². The number of aromatic nitrogens is 1. The van der Waals surface area contributed by atoms with E-state index in [-0.39, 0.29) is 11.0 Å². The van der Waals surface area contributed by atoms with E-state index in [1.807, 2.05) is 0 Å². The Morgan fingerprint density at radius 1 is 0.585 bits per heavy atom. The van der Waals surface area contributed by atoms with Crippen LogP contribution in [0.2, 0.25) is 0 Å². The lowest BCUT2D eigenvalue weighted by atomic mass is 9.82. The van der Waals surface area contributed by atoms with Gasteiger partial charge in [-0.2, -0.15) is 0 Å². The van der Waals surface area contributed by atoms with Crippen LogP contribution in [0.1, 0.15) is 53.5 Å². The molecule has 0 N–H and O–H groups in total. The van der Waals surface area contributed by atoms with Gasteiger partial charge in [0.05, 0.1) is 11.0 Å². The molecule has 0 saturated carbocycles. The number of fused-ring (bicyclic) bond motifs is 3. The summed E-state index contributed by atoms with van der Waals surface area (Å²) < 4.78 is 9.27. The molecule has 6 aromatic rings. The Kier molecular flexibility index (Phi) is 6.74. The summed E-state index contributed by atoms with van der Waals surface area (Å²) in [6, 6.07) is 41.6. The van der Waals surface area contributed by atoms with Crippen LogP contribution in [0.5, 0.6) is 5.75 Å².